The molecule has 0 atom stereocenters. The summed E-state index contributed by atoms with van der Waals surface area (Å²) >= 11 is 2.92. The van der Waals surface area contributed by atoms with Gasteiger partial charge in [-0.05, 0) is 49.4 Å². The topological polar surface area (TPSA) is 90.5 Å². The number of hydrogen-bond acceptors (Lipinski definition) is 9. The molecule has 0 spiro atoms. The summed E-state index contributed by atoms with van der Waals surface area (Å²) in [4.78, 5) is 18.5. The van der Waals surface area contributed by atoms with Crippen LogP contribution in [0.1, 0.15) is 11.3 Å². The lowest BCUT2D eigenvalue weighted by molar-refractivity contribution is 0.465. The van der Waals surface area contributed by atoms with Gasteiger partial charge in [-0.2, -0.15) is 0 Å². The van der Waals surface area contributed by atoms with Crippen LogP contribution in [0, 0.1) is 13.8 Å². The molecule has 0 aromatic carbocycles. The van der Waals surface area contributed by atoms with Gasteiger partial charge in [0.05, 0.1) is 10.2 Å². The number of nitrogens with zero attached hydrogens (tertiary/aromatic N) is 6. The zero-order valence-electron chi connectivity index (χ0n) is 14.4. The zero-order chi connectivity index (χ0) is 18.4. The van der Waals surface area contributed by atoms with Gasteiger partial charge in [0.1, 0.15) is 16.2 Å². The van der Waals surface area contributed by atoms with Crippen LogP contribution >= 0.6 is 23.1 Å². The van der Waals surface area contributed by atoms with E-state index in [-0.39, 0.29) is 0 Å². The quantitative estimate of drug-likeness (QED) is 0.416. The Kier molecular flexibility index (Phi) is 3.83. The minimum Gasteiger partial charge on any atom is -0.411 e. The van der Waals surface area contributed by atoms with Crippen LogP contribution in [0.2, 0.25) is 0 Å². The molecule has 0 aliphatic heterocycles. The lowest BCUT2D eigenvalue weighted by atomic mass is 10.1. The van der Waals surface area contributed by atoms with Crippen LogP contribution in [-0.4, -0.2) is 30.1 Å². The van der Waals surface area contributed by atoms with Gasteiger partial charge < -0.3 is 4.42 Å². The van der Waals surface area contributed by atoms with Gasteiger partial charge >= 0.3 is 0 Å². The number of fused-ring (bicyclic) bond motifs is 3. The summed E-state index contributed by atoms with van der Waals surface area (Å²) in [6.07, 6.45) is 4.94. The molecule has 0 aliphatic carbocycles. The summed E-state index contributed by atoms with van der Waals surface area (Å²) in [5, 5.41) is 10.5. The lowest BCUT2D eigenvalue weighted by Crippen LogP contribution is -1.86. The van der Waals surface area contributed by atoms with E-state index in [2.05, 4.69) is 43.1 Å². The molecule has 0 fully saturated rings. The highest BCUT2D eigenvalue weighted by Crippen LogP contribution is 2.40. The first-order valence-corrected chi connectivity index (χ1v) is 9.75. The molecular formula is C18H12N6OS2. The highest BCUT2D eigenvalue weighted by molar-refractivity contribution is 7.99. The van der Waals surface area contributed by atoms with Crippen molar-refractivity contribution in [2.75, 3.05) is 0 Å². The van der Waals surface area contributed by atoms with Gasteiger partial charge in [-0.1, -0.05) is 0 Å². The molecule has 9 heteroatoms. The SMILES string of the molecule is Cc1cc(C)c2c(n1)sc1c(Sc3nnc(-c4ccncc4)o3)ncnc12. The molecule has 0 unspecified atom stereocenters. The molecule has 132 valence electrons. The number of rotatable bonds is 3. The van der Waals surface area contributed by atoms with Crippen LogP contribution in [0.25, 0.3) is 31.9 Å². The van der Waals surface area contributed by atoms with E-state index in [1.54, 1.807) is 30.1 Å². The van der Waals surface area contributed by atoms with Gasteiger partial charge in [0.15, 0.2) is 0 Å². The molecule has 5 aromatic heterocycles. The first-order valence-electron chi connectivity index (χ1n) is 8.12. The lowest BCUT2D eigenvalue weighted by Gasteiger charge is -1.99. The van der Waals surface area contributed by atoms with Crippen molar-refractivity contribution in [3.05, 3.63) is 48.2 Å². The highest BCUT2D eigenvalue weighted by atomic mass is 32.2. The van der Waals surface area contributed by atoms with Crippen LogP contribution in [-0.2, 0) is 0 Å². The Morgan fingerprint density at radius 1 is 1.07 bits per heavy atom. The number of pyridine rings is 2. The van der Waals surface area contributed by atoms with E-state index in [0.29, 0.717) is 11.1 Å². The third kappa shape index (κ3) is 2.84. The molecule has 0 amide bonds. The van der Waals surface area contributed by atoms with E-state index >= 15 is 0 Å². The van der Waals surface area contributed by atoms with Crippen molar-refractivity contribution in [2.24, 2.45) is 0 Å². The van der Waals surface area contributed by atoms with Crippen LogP contribution in [0.15, 0.2) is 51.6 Å². The van der Waals surface area contributed by atoms with Gasteiger partial charge in [-0.25, -0.2) is 15.0 Å². The second kappa shape index (κ2) is 6.36. The third-order valence-corrected chi connectivity index (χ3v) is 6.09. The molecule has 7 nitrogen and oxygen atoms in total. The number of aryl methyl sites for hydroxylation is 2. The summed E-state index contributed by atoms with van der Waals surface area (Å²) in [6, 6.07) is 5.73. The van der Waals surface area contributed by atoms with Gasteiger partial charge in [0.25, 0.3) is 5.22 Å². The highest BCUT2D eigenvalue weighted by Gasteiger charge is 2.18. The first-order chi connectivity index (χ1) is 13.2. The summed E-state index contributed by atoms with van der Waals surface area (Å²) < 4.78 is 6.76. The minimum absolute atomic E-state index is 0.431. The van der Waals surface area contributed by atoms with Crippen molar-refractivity contribution in [3.8, 4) is 11.5 Å². The van der Waals surface area contributed by atoms with E-state index in [1.807, 2.05) is 19.1 Å². The zero-order valence-corrected chi connectivity index (χ0v) is 16.0. The van der Waals surface area contributed by atoms with E-state index in [9.17, 15) is 0 Å². The predicted octanol–water partition coefficient (Wildman–Crippen LogP) is 4.45. The Balaban J connectivity index is 1.58. The van der Waals surface area contributed by atoms with Gasteiger partial charge in [-0.3, -0.25) is 4.98 Å². The summed E-state index contributed by atoms with van der Waals surface area (Å²) in [5.74, 6) is 0.453. The van der Waals surface area contributed by atoms with Crippen molar-refractivity contribution in [2.45, 2.75) is 24.1 Å². The normalized spacial score (nSPS) is 11.5. The molecule has 5 rings (SSSR count). The smallest absolute Gasteiger partial charge is 0.283 e. The molecule has 0 saturated heterocycles. The molecule has 0 N–H and O–H groups in total. The maximum Gasteiger partial charge on any atom is 0.283 e. The third-order valence-electron chi connectivity index (χ3n) is 4.04. The fraction of sp³-hybridized carbons (Fsp3) is 0.111. The summed E-state index contributed by atoms with van der Waals surface area (Å²) in [5.41, 5.74) is 3.89. The monoisotopic (exact) mass is 392 g/mol. The van der Waals surface area contributed by atoms with Crippen LogP contribution in [0.5, 0.6) is 0 Å². The Bertz CT molecular complexity index is 1280. The molecule has 0 radical (unpaired) electrons. The first kappa shape index (κ1) is 16.3. The van der Waals surface area contributed by atoms with Gasteiger partial charge in [-0.15, -0.1) is 21.5 Å². The standard InChI is InChI=1S/C18H12N6OS2/c1-9-7-10(2)22-16-12(9)13-14(26-16)17(21-8-20-13)27-18-24-23-15(25-18)11-3-5-19-6-4-11/h3-8H,1-2H3. The van der Waals surface area contributed by atoms with Crippen molar-refractivity contribution < 1.29 is 4.42 Å². The molecule has 0 bridgehead atoms. The molecule has 0 saturated carbocycles. The van der Waals surface area contributed by atoms with Crippen molar-refractivity contribution in [1.29, 1.82) is 0 Å². The molecule has 27 heavy (non-hydrogen) atoms. The van der Waals surface area contributed by atoms with Gasteiger partial charge in [0.2, 0.25) is 5.89 Å². The van der Waals surface area contributed by atoms with E-state index in [0.717, 1.165) is 42.3 Å². The average molecular weight is 392 g/mol. The van der Waals surface area contributed by atoms with E-state index < -0.39 is 0 Å². The van der Waals surface area contributed by atoms with E-state index in [4.69, 9.17) is 4.42 Å². The van der Waals surface area contributed by atoms with Crippen molar-refractivity contribution in [3.63, 3.8) is 0 Å². The largest absolute Gasteiger partial charge is 0.411 e. The predicted molar refractivity (Wildman–Crippen MR) is 104 cm³/mol. The second-order valence-electron chi connectivity index (χ2n) is 5.93. The van der Waals surface area contributed by atoms with Gasteiger partial charge in [0, 0.05) is 29.0 Å². The van der Waals surface area contributed by atoms with Crippen LogP contribution in [0.4, 0.5) is 0 Å². The Hall–Kier alpha value is -2.91. The fourth-order valence-corrected chi connectivity index (χ4v) is 4.95. The van der Waals surface area contributed by atoms with Crippen molar-refractivity contribution >= 4 is 43.5 Å². The molecular weight excluding hydrogens is 380 g/mol. The average Bonchev–Trinajstić information content (AvgIpc) is 3.27. The number of hydrogen-bond donors (Lipinski definition) is 0. The fourth-order valence-electron chi connectivity index (χ4n) is 2.91. The number of aromatic nitrogens is 6. The summed E-state index contributed by atoms with van der Waals surface area (Å²) in [6.45, 7) is 4.08. The number of thiophene rings is 1. The molecule has 5 heterocycles. The maximum absolute atomic E-state index is 5.78. The Morgan fingerprint density at radius 2 is 1.93 bits per heavy atom. The Morgan fingerprint density at radius 3 is 2.78 bits per heavy atom. The molecule has 5 aromatic rings. The van der Waals surface area contributed by atoms with Crippen LogP contribution < -0.4 is 0 Å². The Labute approximate surface area is 161 Å². The van der Waals surface area contributed by atoms with Crippen LogP contribution in [0.3, 0.4) is 0 Å². The maximum atomic E-state index is 5.78. The summed E-state index contributed by atoms with van der Waals surface area (Å²) in [7, 11) is 0. The van der Waals surface area contributed by atoms with Crippen molar-refractivity contribution in [1.82, 2.24) is 30.1 Å². The van der Waals surface area contributed by atoms with E-state index in [1.165, 1.54) is 11.8 Å². The molecule has 0 aliphatic rings. The second-order valence-corrected chi connectivity index (χ2v) is 7.87. The minimum atomic E-state index is 0.431.